The molecule has 0 aliphatic heterocycles. The van der Waals surface area contributed by atoms with E-state index in [-0.39, 0.29) is 0 Å². The van der Waals surface area contributed by atoms with Crippen molar-refractivity contribution in [3.05, 3.63) is 12.2 Å². The van der Waals surface area contributed by atoms with Gasteiger partial charge in [-0.05, 0) is 17.3 Å². The Morgan fingerprint density at radius 1 is 1.11 bits per heavy atom. The summed E-state index contributed by atoms with van der Waals surface area (Å²) in [6.45, 7) is 9.19. The van der Waals surface area contributed by atoms with Gasteiger partial charge in [0.25, 0.3) is 0 Å². The van der Waals surface area contributed by atoms with Crippen molar-refractivity contribution in [3.63, 3.8) is 0 Å². The van der Waals surface area contributed by atoms with Crippen molar-refractivity contribution in [3.8, 4) is 0 Å². The van der Waals surface area contributed by atoms with E-state index in [4.69, 9.17) is 0 Å². The second-order valence-electron chi connectivity index (χ2n) is 3.83. The first-order chi connectivity index (χ1) is 4.02. The van der Waals surface area contributed by atoms with E-state index in [1.807, 2.05) is 0 Å². The number of hydrogen-bond donors (Lipinski definition) is 0. The smallest absolute Gasteiger partial charge is 0.00633 e. The van der Waals surface area contributed by atoms with E-state index in [0.29, 0.717) is 10.8 Å². The van der Waals surface area contributed by atoms with Crippen LogP contribution in [0.4, 0.5) is 0 Å². The molecule has 1 rings (SSSR count). The largest absolute Gasteiger partial charge is 0.0814 e. The minimum Gasteiger partial charge on any atom is -0.0814 e. The molecule has 0 saturated carbocycles. The van der Waals surface area contributed by atoms with Crippen LogP contribution in [-0.2, 0) is 0 Å². The lowest BCUT2D eigenvalue weighted by Crippen LogP contribution is -2.38. The van der Waals surface area contributed by atoms with Crippen LogP contribution >= 0.6 is 0 Å². The summed E-state index contributed by atoms with van der Waals surface area (Å²) in [5.74, 6) is 0. The summed E-state index contributed by atoms with van der Waals surface area (Å²) in [6, 6.07) is 0. The topological polar surface area (TPSA) is 0 Å². The Bertz CT molecular complexity index is 142. The molecule has 0 fully saturated rings. The lowest BCUT2D eigenvalue weighted by molar-refractivity contribution is 0.157. The summed E-state index contributed by atoms with van der Waals surface area (Å²) in [5, 5.41) is 0. The highest BCUT2D eigenvalue weighted by Crippen LogP contribution is 2.51. The predicted octanol–water partition coefficient (Wildman–Crippen LogP) is 3.00. The molecule has 0 nitrogen and oxygen atoms in total. The lowest BCUT2D eigenvalue weighted by atomic mass is 9.57. The zero-order chi connectivity index (χ0) is 7.12. The molecule has 0 N–H and O–H groups in total. The molecule has 1 atom stereocenters. The van der Waals surface area contributed by atoms with Crippen molar-refractivity contribution in [2.45, 2.75) is 34.1 Å². The van der Waals surface area contributed by atoms with Crippen LogP contribution in [0.1, 0.15) is 34.1 Å². The molecule has 0 heteroatoms. The van der Waals surface area contributed by atoms with Crippen molar-refractivity contribution < 1.29 is 0 Å². The number of allylic oxidation sites excluding steroid dienone is 2. The normalized spacial score (nSPS) is 38.2. The molecule has 0 aromatic rings. The van der Waals surface area contributed by atoms with Gasteiger partial charge in [0, 0.05) is 0 Å². The number of hydrogen-bond acceptors (Lipinski definition) is 0. The van der Waals surface area contributed by atoms with E-state index in [1.165, 1.54) is 6.42 Å². The summed E-state index contributed by atoms with van der Waals surface area (Å²) >= 11 is 0. The number of rotatable bonds is 1. The van der Waals surface area contributed by atoms with Crippen LogP contribution in [0.3, 0.4) is 0 Å². The molecule has 0 saturated heterocycles. The molecular weight excluding hydrogens is 108 g/mol. The molecule has 52 valence electrons. The Morgan fingerprint density at radius 3 is 1.67 bits per heavy atom. The van der Waals surface area contributed by atoms with Crippen LogP contribution in [0.15, 0.2) is 12.2 Å². The van der Waals surface area contributed by atoms with Gasteiger partial charge in [-0.15, -0.1) is 0 Å². The first-order valence-corrected chi connectivity index (χ1v) is 3.72. The third-order valence-electron chi connectivity index (χ3n) is 3.07. The molecule has 9 heavy (non-hydrogen) atoms. The lowest BCUT2D eigenvalue weighted by Gasteiger charge is -2.47. The highest BCUT2D eigenvalue weighted by atomic mass is 14.5. The highest BCUT2D eigenvalue weighted by Gasteiger charge is 2.41. The fraction of sp³-hybridized carbons (Fsp3) is 0.778. The van der Waals surface area contributed by atoms with Crippen molar-refractivity contribution >= 4 is 0 Å². The van der Waals surface area contributed by atoms with Crippen molar-refractivity contribution in [1.29, 1.82) is 0 Å². The Balaban J connectivity index is 2.78. The second kappa shape index (κ2) is 1.62. The summed E-state index contributed by atoms with van der Waals surface area (Å²) in [4.78, 5) is 0. The zero-order valence-corrected chi connectivity index (χ0v) is 6.86. The monoisotopic (exact) mass is 124 g/mol. The zero-order valence-electron chi connectivity index (χ0n) is 6.86. The van der Waals surface area contributed by atoms with Gasteiger partial charge in [-0.3, -0.25) is 0 Å². The minimum absolute atomic E-state index is 0.446. The predicted molar refractivity (Wildman–Crippen MR) is 41.3 cm³/mol. The van der Waals surface area contributed by atoms with Gasteiger partial charge in [-0.25, -0.2) is 0 Å². The maximum atomic E-state index is 2.33. The molecule has 0 aromatic carbocycles. The Kier molecular flexibility index (Phi) is 1.23. The molecule has 0 spiro atoms. The summed E-state index contributed by atoms with van der Waals surface area (Å²) in [7, 11) is 0. The molecule has 1 unspecified atom stereocenters. The van der Waals surface area contributed by atoms with Gasteiger partial charge in [-0.1, -0.05) is 39.8 Å². The van der Waals surface area contributed by atoms with Gasteiger partial charge in [0.2, 0.25) is 0 Å². The maximum absolute atomic E-state index is 2.33. The van der Waals surface area contributed by atoms with Gasteiger partial charge >= 0.3 is 0 Å². The van der Waals surface area contributed by atoms with Crippen LogP contribution < -0.4 is 0 Å². The molecular formula is C9H16. The third-order valence-corrected chi connectivity index (χ3v) is 3.07. The highest BCUT2D eigenvalue weighted by molar-refractivity contribution is 5.21. The van der Waals surface area contributed by atoms with Crippen molar-refractivity contribution in [1.82, 2.24) is 0 Å². The van der Waals surface area contributed by atoms with Crippen LogP contribution in [0.2, 0.25) is 0 Å². The van der Waals surface area contributed by atoms with E-state index < -0.39 is 0 Å². The molecule has 0 aromatic heterocycles. The average molecular weight is 124 g/mol. The van der Waals surface area contributed by atoms with Gasteiger partial charge < -0.3 is 0 Å². The van der Waals surface area contributed by atoms with Crippen molar-refractivity contribution in [2.24, 2.45) is 10.8 Å². The van der Waals surface area contributed by atoms with Gasteiger partial charge in [0.15, 0.2) is 0 Å². The van der Waals surface area contributed by atoms with Crippen LogP contribution in [0.25, 0.3) is 0 Å². The van der Waals surface area contributed by atoms with E-state index in [9.17, 15) is 0 Å². The molecule has 0 amide bonds. The average Bonchev–Trinajstić information content (AvgIpc) is 1.84. The minimum atomic E-state index is 0.446. The fourth-order valence-corrected chi connectivity index (χ4v) is 1.27. The Hall–Kier alpha value is -0.260. The van der Waals surface area contributed by atoms with E-state index in [2.05, 4.69) is 39.8 Å². The van der Waals surface area contributed by atoms with Crippen molar-refractivity contribution in [2.75, 3.05) is 0 Å². The molecule has 0 radical (unpaired) electrons. The fourth-order valence-electron chi connectivity index (χ4n) is 1.27. The summed E-state index contributed by atoms with van der Waals surface area (Å²) in [6.07, 6.45) is 5.89. The summed E-state index contributed by atoms with van der Waals surface area (Å²) < 4.78 is 0. The molecule has 0 heterocycles. The second-order valence-corrected chi connectivity index (χ2v) is 3.83. The van der Waals surface area contributed by atoms with Crippen LogP contribution in [0, 0.1) is 10.8 Å². The van der Waals surface area contributed by atoms with E-state index in [1.54, 1.807) is 0 Å². The van der Waals surface area contributed by atoms with E-state index >= 15 is 0 Å². The van der Waals surface area contributed by atoms with Gasteiger partial charge in [0.05, 0.1) is 0 Å². The van der Waals surface area contributed by atoms with Crippen LogP contribution in [-0.4, -0.2) is 0 Å². The van der Waals surface area contributed by atoms with Gasteiger partial charge in [0.1, 0.15) is 0 Å². The molecule has 1 aliphatic carbocycles. The van der Waals surface area contributed by atoms with Gasteiger partial charge in [-0.2, -0.15) is 0 Å². The Morgan fingerprint density at radius 2 is 1.67 bits per heavy atom. The molecule has 1 aliphatic rings. The molecule has 0 bridgehead atoms. The first-order valence-electron chi connectivity index (χ1n) is 3.72. The maximum Gasteiger partial charge on any atom is -0.00633 e. The van der Waals surface area contributed by atoms with E-state index in [0.717, 1.165) is 0 Å². The SMILES string of the molecule is CCC1(C)C=CC1(C)C. The standard InChI is InChI=1S/C9H16/c1-5-9(4)7-6-8(9,2)3/h6-7H,5H2,1-4H3. The third kappa shape index (κ3) is 0.726. The summed E-state index contributed by atoms with van der Waals surface area (Å²) in [5.41, 5.74) is 0.925. The Labute approximate surface area is 58.0 Å². The first kappa shape index (κ1) is 6.85. The van der Waals surface area contributed by atoms with Crippen LogP contribution in [0.5, 0.6) is 0 Å². The quantitative estimate of drug-likeness (QED) is 0.471.